The van der Waals surface area contributed by atoms with Crippen LogP contribution in [0.15, 0.2) is 12.3 Å². The summed E-state index contributed by atoms with van der Waals surface area (Å²) in [5.41, 5.74) is 4.01. The maximum Gasteiger partial charge on any atom is 0.433 e. The molecule has 8 heteroatoms. The van der Waals surface area contributed by atoms with Crippen molar-refractivity contribution >= 4 is 6.09 Å². The molecule has 0 aromatic carbocycles. The predicted molar refractivity (Wildman–Crippen MR) is 50.0 cm³/mol. The van der Waals surface area contributed by atoms with E-state index in [0.717, 1.165) is 16.9 Å². The zero-order valence-electron chi connectivity index (χ0n) is 8.65. The number of hydrogen-bond donors (Lipinski definition) is 1. The lowest BCUT2D eigenvalue weighted by atomic mass is 9.89. The molecule has 2 rings (SSSR count). The first-order valence-corrected chi connectivity index (χ1v) is 4.94. The number of nitrogens with zero attached hydrogens (tertiary/aromatic N) is 2. The summed E-state index contributed by atoms with van der Waals surface area (Å²) in [6.07, 6.45) is -4.05. The zero-order chi connectivity index (χ0) is 12.6. The van der Waals surface area contributed by atoms with Gasteiger partial charge in [-0.05, 0) is 6.07 Å². The van der Waals surface area contributed by atoms with Crippen LogP contribution in [0.4, 0.5) is 18.0 Å². The smallest absolute Gasteiger partial charge is 0.433 e. The normalized spacial score (nSPS) is 24.2. The van der Waals surface area contributed by atoms with Gasteiger partial charge in [-0.15, -0.1) is 0 Å². The van der Waals surface area contributed by atoms with Gasteiger partial charge in [-0.3, -0.25) is 4.68 Å². The number of aromatic nitrogens is 2. The van der Waals surface area contributed by atoms with Crippen LogP contribution >= 0.6 is 0 Å². The van der Waals surface area contributed by atoms with Crippen LogP contribution in [-0.4, -0.2) is 22.0 Å². The average Bonchev–Trinajstić information content (AvgIpc) is 2.57. The van der Waals surface area contributed by atoms with Crippen molar-refractivity contribution in [2.75, 3.05) is 0 Å². The van der Waals surface area contributed by atoms with Gasteiger partial charge in [0.25, 0.3) is 0 Å². The van der Waals surface area contributed by atoms with Gasteiger partial charge in [-0.2, -0.15) is 18.3 Å². The van der Waals surface area contributed by atoms with E-state index in [9.17, 15) is 18.0 Å². The largest absolute Gasteiger partial charge is 0.446 e. The fourth-order valence-electron chi connectivity index (χ4n) is 1.83. The Morgan fingerprint density at radius 1 is 1.53 bits per heavy atom. The number of primary amides is 1. The second-order valence-corrected chi connectivity index (χ2v) is 3.84. The third-order valence-corrected chi connectivity index (χ3v) is 2.66. The fourth-order valence-corrected chi connectivity index (χ4v) is 1.83. The summed E-state index contributed by atoms with van der Waals surface area (Å²) in [6, 6.07) is 0.522. The number of ether oxygens (including phenoxy) is 1. The van der Waals surface area contributed by atoms with E-state index >= 15 is 0 Å². The van der Waals surface area contributed by atoms with E-state index in [4.69, 9.17) is 5.73 Å². The van der Waals surface area contributed by atoms with E-state index in [1.54, 1.807) is 0 Å². The van der Waals surface area contributed by atoms with Crippen molar-refractivity contribution in [1.82, 2.24) is 9.78 Å². The van der Waals surface area contributed by atoms with Crippen molar-refractivity contribution in [3.63, 3.8) is 0 Å². The molecule has 0 bridgehead atoms. The zero-order valence-corrected chi connectivity index (χ0v) is 8.65. The predicted octanol–water partition coefficient (Wildman–Crippen LogP) is 1.70. The van der Waals surface area contributed by atoms with Gasteiger partial charge < -0.3 is 10.5 Å². The van der Waals surface area contributed by atoms with Gasteiger partial charge in [0.15, 0.2) is 0 Å². The molecule has 94 valence electrons. The second-order valence-electron chi connectivity index (χ2n) is 3.84. The SMILES string of the molecule is NC(=O)O[C@H]1C[C@H](n2nccc2C(F)(F)F)C1. The highest BCUT2D eigenvalue weighted by atomic mass is 19.4. The lowest BCUT2D eigenvalue weighted by Gasteiger charge is -2.35. The van der Waals surface area contributed by atoms with Crippen LogP contribution in [0.1, 0.15) is 24.6 Å². The minimum atomic E-state index is -4.42. The molecule has 0 aliphatic heterocycles. The van der Waals surface area contributed by atoms with Gasteiger partial charge in [-0.25, -0.2) is 4.79 Å². The molecule has 0 saturated heterocycles. The molecule has 1 saturated carbocycles. The Labute approximate surface area is 94.3 Å². The third-order valence-electron chi connectivity index (χ3n) is 2.66. The Morgan fingerprint density at radius 3 is 2.71 bits per heavy atom. The Kier molecular flexibility index (Phi) is 2.72. The quantitative estimate of drug-likeness (QED) is 0.867. The summed E-state index contributed by atoms with van der Waals surface area (Å²) in [6.45, 7) is 0. The first kappa shape index (κ1) is 11.7. The number of hydrogen-bond acceptors (Lipinski definition) is 3. The van der Waals surface area contributed by atoms with Crippen LogP contribution in [0.25, 0.3) is 0 Å². The first-order chi connectivity index (χ1) is 7.88. The first-order valence-electron chi connectivity index (χ1n) is 4.94. The third kappa shape index (κ3) is 2.34. The number of rotatable bonds is 2. The van der Waals surface area contributed by atoms with Gasteiger partial charge in [0.1, 0.15) is 11.8 Å². The van der Waals surface area contributed by atoms with Crippen molar-refractivity contribution in [3.8, 4) is 0 Å². The summed E-state index contributed by atoms with van der Waals surface area (Å²) in [4.78, 5) is 10.4. The van der Waals surface area contributed by atoms with Gasteiger partial charge in [0.2, 0.25) is 0 Å². The molecule has 2 N–H and O–H groups in total. The molecule has 0 unspecified atom stereocenters. The molecule has 1 aromatic heterocycles. The maximum absolute atomic E-state index is 12.5. The summed E-state index contributed by atoms with van der Waals surface area (Å²) >= 11 is 0. The molecule has 1 aliphatic carbocycles. The molecule has 1 fully saturated rings. The summed E-state index contributed by atoms with van der Waals surface area (Å²) < 4.78 is 43.2. The molecule has 0 atom stereocenters. The van der Waals surface area contributed by atoms with E-state index in [0.29, 0.717) is 12.8 Å². The number of amides is 1. The summed E-state index contributed by atoms with van der Waals surface area (Å²) in [5.74, 6) is 0. The molecule has 1 aliphatic rings. The second kappa shape index (κ2) is 3.94. The molecule has 5 nitrogen and oxygen atoms in total. The van der Waals surface area contributed by atoms with Gasteiger partial charge >= 0.3 is 12.3 Å². The van der Waals surface area contributed by atoms with Crippen LogP contribution in [0.3, 0.4) is 0 Å². The van der Waals surface area contributed by atoms with Crippen molar-refractivity contribution in [2.24, 2.45) is 5.73 Å². The number of alkyl halides is 3. The average molecular weight is 249 g/mol. The monoisotopic (exact) mass is 249 g/mol. The van der Waals surface area contributed by atoms with E-state index in [1.807, 2.05) is 0 Å². The molecule has 17 heavy (non-hydrogen) atoms. The van der Waals surface area contributed by atoms with E-state index < -0.39 is 30.1 Å². The number of halogens is 3. The van der Waals surface area contributed by atoms with E-state index in [-0.39, 0.29) is 0 Å². The number of nitrogens with two attached hydrogens (primary N) is 1. The highest BCUT2D eigenvalue weighted by Crippen LogP contribution is 2.38. The van der Waals surface area contributed by atoms with Crippen LogP contribution in [0, 0.1) is 0 Å². The van der Waals surface area contributed by atoms with Crippen LogP contribution in [0.5, 0.6) is 0 Å². The van der Waals surface area contributed by atoms with Crippen molar-refractivity contribution < 1.29 is 22.7 Å². The maximum atomic E-state index is 12.5. The topological polar surface area (TPSA) is 70.1 Å². The molecule has 1 heterocycles. The van der Waals surface area contributed by atoms with Gasteiger partial charge in [0.05, 0.1) is 6.04 Å². The minimum absolute atomic E-state index is 0.299. The van der Waals surface area contributed by atoms with Crippen LogP contribution < -0.4 is 5.73 Å². The lowest BCUT2D eigenvalue weighted by Crippen LogP contribution is -2.38. The Hall–Kier alpha value is -1.73. The summed E-state index contributed by atoms with van der Waals surface area (Å²) in [7, 11) is 0. The van der Waals surface area contributed by atoms with Crippen molar-refractivity contribution in [2.45, 2.75) is 31.2 Å². The number of carbonyl (C=O) groups excluding carboxylic acids is 1. The van der Waals surface area contributed by atoms with Gasteiger partial charge in [0, 0.05) is 19.0 Å². The lowest BCUT2D eigenvalue weighted by molar-refractivity contribution is -0.146. The van der Waals surface area contributed by atoms with Crippen LogP contribution in [-0.2, 0) is 10.9 Å². The fraction of sp³-hybridized carbons (Fsp3) is 0.556. The Bertz CT molecular complexity index is 423. The molecule has 0 radical (unpaired) electrons. The minimum Gasteiger partial charge on any atom is -0.446 e. The number of carbonyl (C=O) groups is 1. The van der Waals surface area contributed by atoms with Crippen LogP contribution in [0.2, 0.25) is 0 Å². The molecule has 1 amide bonds. The van der Waals surface area contributed by atoms with E-state index in [2.05, 4.69) is 9.84 Å². The Balaban J connectivity index is 2.02. The standard InChI is InChI=1S/C9H10F3N3O2/c10-9(11,12)7-1-2-14-15(7)5-3-6(4-5)17-8(13)16/h1-2,5-6H,3-4H2,(H2,13,16)/t5-,6-. The molecular formula is C9H10F3N3O2. The van der Waals surface area contributed by atoms with E-state index in [1.165, 1.54) is 0 Å². The van der Waals surface area contributed by atoms with Crippen molar-refractivity contribution in [1.29, 1.82) is 0 Å². The molecule has 0 spiro atoms. The van der Waals surface area contributed by atoms with Crippen molar-refractivity contribution in [3.05, 3.63) is 18.0 Å². The Morgan fingerprint density at radius 2 is 2.18 bits per heavy atom. The molecule has 1 aromatic rings. The van der Waals surface area contributed by atoms with Gasteiger partial charge in [-0.1, -0.05) is 0 Å². The highest BCUT2D eigenvalue weighted by Gasteiger charge is 2.41. The molecular weight excluding hydrogens is 239 g/mol. The summed E-state index contributed by atoms with van der Waals surface area (Å²) in [5, 5.41) is 3.64. The highest BCUT2D eigenvalue weighted by molar-refractivity contribution is 5.64.